The minimum Gasteiger partial charge on any atom is -0.313 e. The van der Waals surface area contributed by atoms with Crippen molar-refractivity contribution in [1.29, 1.82) is 0 Å². The van der Waals surface area contributed by atoms with Crippen molar-refractivity contribution in [2.24, 2.45) is 13.0 Å². The van der Waals surface area contributed by atoms with Crippen LogP contribution in [0.5, 0.6) is 0 Å². The van der Waals surface area contributed by atoms with Gasteiger partial charge in [0, 0.05) is 26.2 Å². The zero-order chi connectivity index (χ0) is 14.8. The quantitative estimate of drug-likeness (QED) is 0.844. The first-order valence-corrected chi connectivity index (χ1v) is 8.57. The largest absolute Gasteiger partial charge is 0.313 e. The molecule has 20 heavy (non-hydrogen) atoms. The van der Waals surface area contributed by atoms with Crippen molar-refractivity contribution in [1.82, 2.24) is 19.4 Å². The van der Waals surface area contributed by atoms with E-state index in [-0.39, 0.29) is 11.1 Å². The maximum atomic E-state index is 12.8. The fraction of sp³-hybridized carbons (Fsp3) is 0.769. The summed E-state index contributed by atoms with van der Waals surface area (Å²) in [5.74, 6) is 0.291. The van der Waals surface area contributed by atoms with E-state index in [0.717, 1.165) is 19.4 Å². The summed E-state index contributed by atoms with van der Waals surface area (Å²) < 4.78 is 28.6. The molecule has 0 saturated carbocycles. The average molecular weight is 300 g/mol. The van der Waals surface area contributed by atoms with Crippen molar-refractivity contribution in [3.8, 4) is 0 Å². The standard InChI is InChI=1S/C13H24N4O2S/c1-11(2)9-17(10-12-5-4-7-14-12)20(18,19)13-6-8-15-16(13)3/h6,8,11-12,14H,4-5,7,9-10H2,1-3H3. The third kappa shape index (κ3) is 3.39. The van der Waals surface area contributed by atoms with Gasteiger partial charge in [0.25, 0.3) is 10.0 Å². The van der Waals surface area contributed by atoms with Gasteiger partial charge in [0.15, 0.2) is 5.03 Å². The van der Waals surface area contributed by atoms with Crippen molar-refractivity contribution >= 4 is 10.0 Å². The van der Waals surface area contributed by atoms with E-state index >= 15 is 0 Å². The van der Waals surface area contributed by atoms with E-state index in [0.29, 0.717) is 19.0 Å². The Morgan fingerprint density at radius 1 is 1.55 bits per heavy atom. The Kier molecular flexibility index (Phi) is 4.82. The number of nitrogens with one attached hydrogen (secondary N) is 1. The van der Waals surface area contributed by atoms with E-state index < -0.39 is 10.0 Å². The second kappa shape index (κ2) is 6.24. The molecule has 1 fully saturated rings. The summed E-state index contributed by atoms with van der Waals surface area (Å²) in [6.45, 7) is 6.12. The van der Waals surface area contributed by atoms with Gasteiger partial charge in [0.2, 0.25) is 0 Å². The lowest BCUT2D eigenvalue weighted by molar-refractivity contribution is 0.334. The lowest BCUT2D eigenvalue weighted by atomic mass is 10.2. The Morgan fingerprint density at radius 3 is 2.80 bits per heavy atom. The highest BCUT2D eigenvalue weighted by Gasteiger charge is 2.30. The van der Waals surface area contributed by atoms with Crippen molar-refractivity contribution in [3.05, 3.63) is 12.3 Å². The second-order valence-electron chi connectivity index (χ2n) is 5.80. The summed E-state index contributed by atoms with van der Waals surface area (Å²) in [4.78, 5) is 0. The van der Waals surface area contributed by atoms with Crippen LogP contribution in [0.15, 0.2) is 17.3 Å². The maximum absolute atomic E-state index is 12.8. The van der Waals surface area contributed by atoms with E-state index in [2.05, 4.69) is 10.4 Å². The second-order valence-corrected chi connectivity index (χ2v) is 7.69. The Labute approximate surface area is 121 Å². The van der Waals surface area contributed by atoms with Crippen LogP contribution < -0.4 is 5.32 Å². The zero-order valence-electron chi connectivity index (χ0n) is 12.4. The fourth-order valence-electron chi connectivity index (χ4n) is 2.58. The monoisotopic (exact) mass is 300 g/mol. The lowest BCUT2D eigenvalue weighted by Crippen LogP contribution is -2.43. The molecule has 1 atom stereocenters. The van der Waals surface area contributed by atoms with E-state index in [1.54, 1.807) is 17.4 Å². The number of rotatable bonds is 6. The van der Waals surface area contributed by atoms with Crippen LogP contribution in [0.2, 0.25) is 0 Å². The van der Waals surface area contributed by atoms with Gasteiger partial charge in [-0.2, -0.15) is 9.40 Å². The minimum atomic E-state index is -3.48. The van der Waals surface area contributed by atoms with E-state index in [1.807, 2.05) is 13.8 Å². The first kappa shape index (κ1) is 15.5. The summed E-state index contributed by atoms with van der Waals surface area (Å²) in [7, 11) is -1.82. The van der Waals surface area contributed by atoms with Crippen LogP contribution in [-0.4, -0.2) is 48.2 Å². The molecule has 0 bridgehead atoms. The smallest absolute Gasteiger partial charge is 0.260 e. The third-order valence-corrected chi connectivity index (χ3v) is 5.44. The number of sulfonamides is 1. The highest BCUT2D eigenvalue weighted by Crippen LogP contribution is 2.18. The molecule has 1 N–H and O–H groups in total. The topological polar surface area (TPSA) is 67.2 Å². The molecular weight excluding hydrogens is 276 g/mol. The first-order valence-electron chi connectivity index (χ1n) is 7.13. The molecule has 1 aliphatic rings. The van der Waals surface area contributed by atoms with Gasteiger partial charge < -0.3 is 5.32 Å². The van der Waals surface area contributed by atoms with E-state index in [1.165, 1.54) is 10.9 Å². The van der Waals surface area contributed by atoms with Crippen LogP contribution in [0.3, 0.4) is 0 Å². The molecule has 0 spiro atoms. The van der Waals surface area contributed by atoms with Crippen LogP contribution in [0, 0.1) is 5.92 Å². The molecule has 114 valence electrons. The van der Waals surface area contributed by atoms with Crippen LogP contribution in [0.25, 0.3) is 0 Å². The van der Waals surface area contributed by atoms with Crippen LogP contribution in [-0.2, 0) is 17.1 Å². The van der Waals surface area contributed by atoms with Gasteiger partial charge in [0.1, 0.15) is 0 Å². The summed E-state index contributed by atoms with van der Waals surface area (Å²) in [6, 6.07) is 1.82. The SMILES string of the molecule is CC(C)CN(CC1CCCN1)S(=O)(=O)c1ccnn1C. The highest BCUT2D eigenvalue weighted by molar-refractivity contribution is 7.89. The van der Waals surface area contributed by atoms with Gasteiger partial charge >= 0.3 is 0 Å². The van der Waals surface area contributed by atoms with Gasteiger partial charge in [-0.15, -0.1) is 0 Å². The van der Waals surface area contributed by atoms with E-state index in [4.69, 9.17) is 0 Å². The maximum Gasteiger partial charge on any atom is 0.260 e. The molecule has 1 aliphatic heterocycles. The molecule has 1 aromatic rings. The van der Waals surface area contributed by atoms with Crippen LogP contribution in [0.4, 0.5) is 0 Å². The van der Waals surface area contributed by atoms with Gasteiger partial charge in [-0.25, -0.2) is 8.42 Å². The lowest BCUT2D eigenvalue weighted by Gasteiger charge is -2.26. The van der Waals surface area contributed by atoms with Crippen molar-refractivity contribution in [2.75, 3.05) is 19.6 Å². The van der Waals surface area contributed by atoms with Crippen LogP contribution >= 0.6 is 0 Å². The highest BCUT2D eigenvalue weighted by atomic mass is 32.2. The first-order chi connectivity index (χ1) is 9.41. The number of aryl methyl sites for hydroxylation is 1. The summed E-state index contributed by atoms with van der Waals surface area (Å²) in [6.07, 6.45) is 3.68. The molecule has 0 radical (unpaired) electrons. The van der Waals surface area contributed by atoms with Gasteiger partial charge in [-0.1, -0.05) is 13.8 Å². The number of nitrogens with zero attached hydrogens (tertiary/aromatic N) is 3. The normalized spacial score (nSPS) is 20.1. The minimum absolute atomic E-state index is 0.260. The molecule has 2 heterocycles. The zero-order valence-corrected chi connectivity index (χ0v) is 13.2. The Bertz CT molecular complexity index is 532. The fourth-order valence-corrected chi connectivity index (χ4v) is 4.33. The summed E-state index contributed by atoms with van der Waals surface area (Å²) >= 11 is 0. The molecular formula is C13H24N4O2S. The van der Waals surface area contributed by atoms with Crippen LogP contribution in [0.1, 0.15) is 26.7 Å². The van der Waals surface area contributed by atoms with E-state index in [9.17, 15) is 8.42 Å². The molecule has 2 rings (SSSR count). The van der Waals surface area contributed by atoms with Crippen molar-refractivity contribution in [2.45, 2.75) is 37.8 Å². The third-order valence-electron chi connectivity index (χ3n) is 3.54. The molecule has 6 nitrogen and oxygen atoms in total. The number of hydrogen-bond acceptors (Lipinski definition) is 4. The molecule has 0 aromatic carbocycles. The molecule has 0 aliphatic carbocycles. The van der Waals surface area contributed by atoms with Gasteiger partial charge in [0.05, 0.1) is 6.20 Å². The molecule has 0 amide bonds. The van der Waals surface area contributed by atoms with Gasteiger partial charge in [-0.3, -0.25) is 4.68 Å². The number of aromatic nitrogens is 2. The average Bonchev–Trinajstić information content (AvgIpc) is 2.99. The molecule has 1 saturated heterocycles. The Hall–Kier alpha value is -0.920. The number of hydrogen-bond donors (Lipinski definition) is 1. The molecule has 1 aromatic heterocycles. The van der Waals surface area contributed by atoms with Crippen molar-refractivity contribution in [3.63, 3.8) is 0 Å². The molecule has 7 heteroatoms. The van der Waals surface area contributed by atoms with Crippen molar-refractivity contribution < 1.29 is 8.42 Å². The Morgan fingerprint density at radius 2 is 2.30 bits per heavy atom. The Balaban J connectivity index is 2.22. The summed E-state index contributed by atoms with van der Waals surface area (Å²) in [5, 5.41) is 7.60. The van der Waals surface area contributed by atoms with Gasteiger partial charge in [-0.05, 0) is 31.4 Å². The predicted octanol–water partition coefficient (Wildman–Crippen LogP) is 0.819. The summed E-state index contributed by atoms with van der Waals surface area (Å²) in [5.41, 5.74) is 0. The predicted molar refractivity (Wildman–Crippen MR) is 77.8 cm³/mol. The molecule has 1 unspecified atom stereocenters.